The van der Waals surface area contributed by atoms with Crippen LogP contribution in [0.1, 0.15) is 13.2 Å². The number of hydrogen-bond donors (Lipinski definition) is 2. The van der Waals surface area contributed by atoms with E-state index in [2.05, 4.69) is 4.98 Å². The summed E-state index contributed by atoms with van der Waals surface area (Å²) in [7, 11) is -1.48. The zero-order valence-corrected chi connectivity index (χ0v) is 12.1. The summed E-state index contributed by atoms with van der Waals surface area (Å²) in [5.41, 5.74) is -2.64. The second-order valence-corrected chi connectivity index (χ2v) is 6.63. The van der Waals surface area contributed by atoms with Crippen molar-refractivity contribution in [2.24, 2.45) is 0 Å². The number of H-pyrrole nitrogens is 1. The number of nitrogens with one attached hydrogen (secondary N) is 1. The van der Waals surface area contributed by atoms with E-state index in [0.29, 0.717) is 0 Å². The van der Waals surface area contributed by atoms with Gasteiger partial charge in [0.2, 0.25) is 11.8 Å². The van der Waals surface area contributed by atoms with E-state index >= 15 is 0 Å². The number of fused-ring (bicyclic) bond motifs is 1. The Morgan fingerprint density at radius 3 is 3.05 bits per heavy atom. The molecule has 1 aromatic heterocycles. The fourth-order valence-corrected chi connectivity index (χ4v) is 3.73. The van der Waals surface area contributed by atoms with Gasteiger partial charge in [0.05, 0.1) is 0 Å². The number of ether oxygens (including phenoxy) is 1. The molecule has 1 unspecified atom stereocenters. The van der Waals surface area contributed by atoms with Gasteiger partial charge in [-0.25, -0.2) is 4.79 Å². The van der Waals surface area contributed by atoms with Crippen LogP contribution in [0.4, 0.5) is 0 Å². The smallest absolute Gasteiger partial charge is 0.382 e. The van der Waals surface area contributed by atoms with Crippen molar-refractivity contribution < 1.29 is 18.9 Å². The van der Waals surface area contributed by atoms with Crippen molar-refractivity contribution in [2.75, 3.05) is 6.61 Å². The largest absolute Gasteiger partial charge is 0.522 e. The molecule has 2 N–H and O–H groups in total. The Hall–Kier alpha value is -0.960. The van der Waals surface area contributed by atoms with Crippen LogP contribution in [0, 0.1) is 0 Å². The first kappa shape index (κ1) is 14.0. The van der Waals surface area contributed by atoms with Crippen molar-refractivity contribution in [1.82, 2.24) is 9.55 Å². The Morgan fingerprint density at radius 2 is 2.35 bits per heavy atom. The molecule has 0 amide bonds. The van der Waals surface area contributed by atoms with Crippen LogP contribution < -0.4 is 11.2 Å². The zero-order chi connectivity index (χ0) is 14.5. The second kappa shape index (κ2) is 4.80. The Labute approximate surface area is 118 Å². The molecule has 3 rings (SSSR count). The van der Waals surface area contributed by atoms with Crippen molar-refractivity contribution in [1.29, 1.82) is 0 Å². The van der Waals surface area contributed by atoms with Crippen molar-refractivity contribution >= 4 is 19.0 Å². The third-order valence-corrected chi connectivity index (χ3v) is 4.70. The monoisotopic (exact) mass is 319 g/mol. The Balaban J connectivity index is 2.00. The van der Waals surface area contributed by atoms with E-state index in [9.17, 15) is 14.7 Å². The van der Waals surface area contributed by atoms with Gasteiger partial charge in [0, 0.05) is 12.3 Å². The summed E-state index contributed by atoms with van der Waals surface area (Å²) in [4.78, 5) is 25.0. The molecule has 1 aromatic rings. The third kappa shape index (κ3) is 2.16. The van der Waals surface area contributed by atoms with Gasteiger partial charge in [-0.1, -0.05) is 0 Å². The second-order valence-electron chi connectivity index (χ2n) is 4.82. The minimum atomic E-state index is -1.48. The van der Waals surface area contributed by atoms with Gasteiger partial charge in [0.15, 0.2) is 12.3 Å². The van der Waals surface area contributed by atoms with Gasteiger partial charge in [-0.05, 0) is 6.92 Å². The molecule has 2 fully saturated rings. The summed E-state index contributed by atoms with van der Waals surface area (Å²) < 4.78 is 17.4. The maximum atomic E-state index is 11.8. The first-order valence-electron chi connectivity index (χ1n) is 5.86. The van der Waals surface area contributed by atoms with Crippen LogP contribution in [-0.4, -0.2) is 39.1 Å². The lowest BCUT2D eigenvalue weighted by Crippen LogP contribution is -2.48. The van der Waals surface area contributed by atoms with Crippen LogP contribution in [0.3, 0.4) is 0 Å². The van der Waals surface area contributed by atoms with Crippen molar-refractivity contribution in [3.05, 3.63) is 33.1 Å². The average molecular weight is 319 g/mol. The molecule has 8 nitrogen and oxygen atoms in total. The van der Waals surface area contributed by atoms with Crippen LogP contribution in [0.5, 0.6) is 0 Å². The predicted octanol–water partition coefficient (Wildman–Crippen LogP) is -0.626. The summed E-state index contributed by atoms with van der Waals surface area (Å²) in [6, 6.07) is 1.18. The summed E-state index contributed by atoms with van der Waals surface area (Å²) in [6.07, 6.45) is -0.907. The van der Waals surface area contributed by atoms with Gasteiger partial charge in [0.25, 0.3) is 5.56 Å². The van der Waals surface area contributed by atoms with Crippen LogP contribution in [0.25, 0.3) is 0 Å². The maximum Gasteiger partial charge on any atom is 0.522 e. The highest BCUT2D eigenvalue weighted by Gasteiger charge is 2.60. The van der Waals surface area contributed by atoms with E-state index in [0.717, 1.165) is 4.57 Å². The fourth-order valence-electron chi connectivity index (χ4n) is 2.41. The van der Waals surface area contributed by atoms with Gasteiger partial charge in [-0.2, -0.15) is 0 Å². The molecule has 2 saturated heterocycles. The molecular formula is C10H12N2O6PS+. The first-order chi connectivity index (χ1) is 9.39. The molecular weight excluding hydrogens is 307 g/mol. The number of hydrogen-bond acceptors (Lipinski definition) is 7. The minimum absolute atomic E-state index is 0.199. The normalized spacial score (nSPS) is 38.7. The highest BCUT2D eigenvalue weighted by atomic mass is 32.4. The molecule has 20 heavy (non-hydrogen) atoms. The van der Waals surface area contributed by atoms with Crippen molar-refractivity contribution in [3.63, 3.8) is 0 Å². The maximum absolute atomic E-state index is 11.8. The molecule has 3 heterocycles. The van der Waals surface area contributed by atoms with Gasteiger partial charge in [0.1, 0.15) is 18.3 Å². The quantitative estimate of drug-likeness (QED) is 0.665. The third-order valence-electron chi connectivity index (χ3n) is 3.36. The SMILES string of the molecule is C[C@@]1(O)[C@@H]2O[P+](=S)OC[C@H]2O[C@H]1n1ccc(=O)[nH]c1=O. The number of aromatic amines is 1. The Morgan fingerprint density at radius 1 is 1.60 bits per heavy atom. The molecule has 0 bridgehead atoms. The summed E-state index contributed by atoms with van der Waals surface area (Å²) in [5.74, 6) is 0. The van der Waals surface area contributed by atoms with Gasteiger partial charge in [-0.3, -0.25) is 14.3 Å². The minimum Gasteiger partial charge on any atom is -0.382 e. The summed E-state index contributed by atoms with van der Waals surface area (Å²) >= 11 is 4.95. The lowest BCUT2D eigenvalue weighted by atomic mass is 9.96. The van der Waals surface area contributed by atoms with Gasteiger partial charge >= 0.3 is 12.8 Å². The van der Waals surface area contributed by atoms with E-state index < -0.39 is 42.4 Å². The average Bonchev–Trinajstić information content (AvgIpc) is 2.62. The molecule has 5 atom stereocenters. The molecule has 0 aromatic carbocycles. The molecule has 0 radical (unpaired) electrons. The van der Waals surface area contributed by atoms with Crippen molar-refractivity contribution in [2.45, 2.75) is 31.0 Å². The topological polar surface area (TPSA) is 103 Å². The number of aliphatic hydroxyl groups is 1. The number of rotatable bonds is 1. The molecule has 108 valence electrons. The molecule has 10 heteroatoms. The zero-order valence-electron chi connectivity index (χ0n) is 10.4. The molecule has 2 aliphatic rings. The van der Waals surface area contributed by atoms with Crippen LogP contribution in [-0.2, 0) is 25.6 Å². The van der Waals surface area contributed by atoms with E-state index in [-0.39, 0.29) is 6.61 Å². The standard InChI is InChI=1S/C10H11N2O6PS/c1-10(15)7-5(4-16-19(20)18-7)17-8(10)12-3-2-6(13)11-9(12)14/h2-3,5,7-8,15H,4H2,1H3/p+1/t5-,7-,8-,10-/m1/s1. The summed E-state index contributed by atoms with van der Waals surface area (Å²) in [6.45, 7) is 1.70. The van der Waals surface area contributed by atoms with Gasteiger partial charge in [-0.15, -0.1) is 9.05 Å². The van der Waals surface area contributed by atoms with E-state index in [1.165, 1.54) is 19.2 Å². The number of aromatic nitrogens is 2. The van der Waals surface area contributed by atoms with E-state index in [1.54, 1.807) is 0 Å². The molecule has 0 saturated carbocycles. The Kier molecular flexibility index (Phi) is 3.36. The molecule has 0 spiro atoms. The van der Waals surface area contributed by atoms with Gasteiger partial charge < -0.3 is 9.84 Å². The first-order valence-corrected chi connectivity index (χ1v) is 8.05. The predicted molar refractivity (Wildman–Crippen MR) is 71.0 cm³/mol. The Bertz CT molecular complexity index is 670. The molecule has 0 aliphatic carbocycles. The van der Waals surface area contributed by atoms with Crippen LogP contribution >= 0.6 is 7.15 Å². The van der Waals surface area contributed by atoms with Crippen LogP contribution in [0.2, 0.25) is 0 Å². The lowest BCUT2D eigenvalue weighted by Gasteiger charge is -2.27. The number of nitrogens with zero attached hydrogens (tertiary/aromatic N) is 1. The summed E-state index contributed by atoms with van der Waals surface area (Å²) in [5, 5.41) is 10.6. The lowest BCUT2D eigenvalue weighted by molar-refractivity contribution is -0.0921. The van der Waals surface area contributed by atoms with Crippen molar-refractivity contribution in [3.8, 4) is 0 Å². The van der Waals surface area contributed by atoms with E-state index in [4.69, 9.17) is 25.6 Å². The molecule has 2 aliphatic heterocycles. The van der Waals surface area contributed by atoms with Crippen LogP contribution in [0.15, 0.2) is 21.9 Å². The highest BCUT2D eigenvalue weighted by Crippen LogP contribution is 2.47. The fraction of sp³-hybridized carbons (Fsp3) is 0.600. The van der Waals surface area contributed by atoms with E-state index in [1.807, 2.05) is 0 Å². The highest BCUT2D eigenvalue weighted by molar-refractivity contribution is 8.00.